The highest BCUT2D eigenvalue weighted by atomic mass is 16.5. The molecule has 1 rings (SSSR count). The van der Waals surface area contributed by atoms with Gasteiger partial charge in [0.15, 0.2) is 0 Å². The molecule has 0 unspecified atom stereocenters. The van der Waals surface area contributed by atoms with E-state index >= 15 is 0 Å². The Morgan fingerprint density at radius 1 is 0.567 bits per heavy atom. The van der Waals surface area contributed by atoms with Crippen molar-refractivity contribution in [2.45, 2.75) is 104 Å². The maximum atomic E-state index is 5.62. The molecule has 1 aromatic rings. The Morgan fingerprint density at radius 2 is 0.967 bits per heavy atom. The van der Waals surface area contributed by atoms with E-state index in [9.17, 15) is 0 Å². The summed E-state index contributed by atoms with van der Waals surface area (Å²) in [6.45, 7) is 4.49. The molecule has 0 fully saturated rings. The summed E-state index contributed by atoms with van der Waals surface area (Å²) < 4.78 is 11.2. The summed E-state index contributed by atoms with van der Waals surface area (Å²) in [5, 5.41) is 0. The fourth-order valence-electron chi connectivity index (χ4n) is 3.53. The standard InChI is InChI=1S/C28H42O2/c1-5-7-9-11-13-15-17-19-21-25-26(28(30-4)24-23-27(25)29-3)22-20-18-16-14-12-10-8-6-2/h23-24H,5-16,21-22H2,1-4H3. The molecule has 0 saturated heterocycles. The summed E-state index contributed by atoms with van der Waals surface area (Å²) in [4.78, 5) is 0. The Bertz CT molecular complexity index is 636. The van der Waals surface area contributed by atoms with Gasteiger partial charge in [-0.2, -0.15) is 0 Å². The predicted octanol–water partition coefficient (Wildman–Crippen LogP) is 7.52. The Hall–Kier alpha value is -2.06. The van der Waals surface area contributed by atoms with Crippen LogP contribution in [0.15, 0.2) is 12.1 Å². The van der Waals surface area contributed by atoms with Gasteiger partial charge in [-0.1, -0.05) is 77.1 Å². The molecule has 0 aliphatic rings. The fraction of sp³-hybridized carbons (Fsp3) is 0.643. The largest absolute Gasteiger partial charge is 0.496 e. The van der Waals surface area contributed by atoms with Crippen molar-refractivity contribution in [1.82, 2.24) is 0 Å². The highest BCUT2D eigenvalue weighted by molar-refractivity contribution is 5.51. The van der Waals surface area contributed by atoms with Gasteiger partial charge in [0.05, 0.1) is 14.2 Å². The van der Waals surface area contributed by atoms with Gasteiger partial charge in [-0.05, 0) is 25.0 Å². The molecular formula is C28H42O2. The third-order valence-electron chi connectivity index (χ3n) is 5.38. The van der Waals surface area contributed by atoms with Crippen molar-refractivity contribution in [1.29, 1.82) is 0 Å². The number of benzene rings is 1. The molecule has 0 heterocycles. The van der Waals surface area contributed by atoms with Crippen molar-refractivity contribution in [3.05, 3.63) is 23.3 Å². The Kier molecular flexibility index (Phi) is 15.4. The van der Waals surface area contributed by atoms with Crippen LogP contribution in [-0.2, 0) is 12.8 Å². The number of hydrogen-bond acceptors (Lipinski definition) is 2. The molecule has 0 amide bonds. The van der Waals surface area contributed by atoms with Crippen LogP contribution in [0, 0.1) is 23.7 Å². The van der Waals surface area contributed by atoms with Crippen molar-refractivity contribution < 1.29 is 9.47 Å². The normalized spacial score (nSPS) is 10.0. The van der Waals surface area contributed by atoms with Gasteiger partial charge in [0.2, 0.25) is 0 Å². The summed E-state index contributed by atoms with van der Waals surface area (Å²) in [7, 11) is 3.44. The van der Waals surface area contributed by atoms with E-state index in [1.807, 2.05) is 12.1 Å². The first-order chi connectivity index (χ1) is 14.8. The molecular weight excluding hydrogens is 368 g/mol. The third-order valence-corrected chi connectivity index (χ3v) is 5.38. The van der Waals surface area contributed by atoms with Crippen LogP contribution >= 0.6 is 0 Å². The fourth-order valence-corrected chi connectivity index (χ4v) is 3.53. The first-order valence-corrected chi connectivity index (χ1v) is 11.9. The smallest absolute Gasteiger partial charge is 0.123 e. The molecule has 2 nitrogen and oxygen atoms in total. The quantitative estimate of drug-likeness (QED) is 0.233. The van der Waals surface area contributed by atoms with E-state index in [1.165, 1.54) is 64.2 Å². The zero-order valence-corrected chi connectivity index (χ0v) is 19.9. The van der Waals surface area contributed by atoms with E-state index in [0.29, 0.717) is 12.8 Å². The van der Waals surface area contributed by atoms with Crippen molar-refractivity contribution in [2.75, 3.05) is 14.2 Å². The molecule has 30 heavy (non-hydrogen) atoms. The number of unbranched alkanes of at least 4 members (excludes halogenated alkanes) is 10. The molecule has 166 valence electrons. The van der Waals surface area contributed by atoms with Crippen molar-refractivity contribution in [3.63, 3.8) is 0 Å². The van der Waals surface area contributed by atoms with E-state index < -0.39 is 0 Å². The van der Waals surface area contributed by atoms with E-state index in [4.69, 9.17) is 9.47 Å². The second kappa shape index (κ2) is 17.8. The van der Waals surface area contributed by atoms with E-state index in [-0.39, 0.29) is 0 Å². The maximum Gasteiger partial charge on any atom is 0.123 e. The summed E-state index contributed by atoms with van der Waals surface area (Å²) >= 11 is 0. The minimum atomic E-state index is 0.684. The van der Waals surface area contributed by atoms with Gasteiger partial charge in [-0.15, -0.1) is 11.8 Å². The van der Waals surface area contributed by atoms with Crippen LogP contribution < -0.4 is 9.47 Å². The molecule has 0 N–H and O–H groups in total. The minimum Gasteiger partial charge on any atom is -0.496 e. The van der Waals surface area contributed by atoms with Gasteiger partial charge >= 0.3 is 0 Å². The molecule has 0 bridgehead atoms. The summed E-state index contributed by atoms with van der Waals surface area (Å²) in [6.07, 6.45) is 16.1. The minimum absolute atomic E-state index is 0.684. The van der Waals surface area contributed by atoms with E-state index in [2.05, 4.69) is 37.5 Å². The molecule has 0 aliphatic carbocycles. The number of methoxy groups -OCH3 is 2. The monoisotopic (exact) mass is 410 g/mol. The third kappa shape index (κ3) is 10.6. The van der Waals surface area contributed by atoms with Gasteiger partial charge in [0.1, 0.15) is 11.5 Å². The highest BCUT2D eigenvalue weighted by Gasteiger charge is 2.13. The van der Waals surface area contributed by atoms with Crippen LogP contribution in [0.3, 0.4) is 0 Å². The van der Waals surface area contributed by atoms with Gasteiger partial charge in [-0.25, -0.2) is 0 Å². The molecule has 0 atom stereocenters. The molecule has 0 aliphatic heterocycles. The highest BCUT2D eigenvalue weighted by Crippen LogP contribution is 2.31. The Labute approximate surface area is 186 Å². The first-order valence-electron chi connectivity index (χ1n) is 11.9. The number of hydrogen-bond donors (Lipinski definition) is 0. The zero-order valence-electron chi connectivity index (χ0n) is 19.9. The molecule has 0 radical (unpaired) electrons. The lowest BCUT2D eigenvalue weighted by Crippen LogP contribution is -2.01. The summed E-state index contributed by atoms with van der Waals surface area (Å²) in [5.41, 5.74) is 2.24. The molecule has 1 aromatic carbocycles. The van der Waals surface area contributed by atoms with E-state index in [1.54, 1.807) is 14.2 Å². The van der Waals surface area contributed by atoms with Gasteiger partial charge in [-0.3, -0.25) is 0 Å². The van der Waals surface area contributed by atoms with E-state index in [0.717, 1.165) is 35.5 Å². The van der Waals surface area contributed by atoms with Gasteiger partial charge < -0.3 is 9.47 Å². The molecule has 0 saturated carbocycles. The average molecular weight is 411 g/mol. The lowest BCUT2D eigenvalue weighted by Gasteiger charge is -2.14. The number of rotatable bonds is 14. The van der Waals surface area contributed by atoms with Crippen LogP contribution in [0.5, 0.6) is 11.5 Å². The van der Waals surface area contributed by atoms with Crippen LogP contribution in [0.2, 0.25) is 0 Å². The average Bonchev–Trinajstić information content (AvgIpc) is 2.77. The topological polar surface area (TPSA) is 18.5 Å². The van der Waals surface area contributed by atoms with Crippen LogP contribution in [-0.4, -0.2) is 14.2 Å². The second-order valence-electron chi connectivity index (χ2n) is 7.82. The van der Waals surface area contributed by atoms with Gasteiger partial charge in [0, 0.05) is 36.8 Å². The molecule has 0 aromatic heterocycles. The van der Waals surface area contributed by atoms with Crippen LogP contribution in [0.1, 0.15) is 102 Å². The molecule has 2 heteroatoms. The van der Waals surface area contributed by atoms with Crippen LogP contribution in [0.4, 0.5) is 0 Å². The molecule has 0 spiro atoms. The maximum absolute atomic E-state index is 5.62. The SMILES string of the molecule is CCCCCCCC#CCc1c(OC)ccc(OC)c1CC#CCCCCCCC. The Balaban J connectivity index is 2.71. The van der Waals surface area contributed by atoms with Crippen molar-refractivity contribution in [3.8, 4) is 35.2 Å². The van der Waals surface area contributed by atoms with Crippen molar-refractivity contribution in [2.24, 2.45) is 0 Å². The summed E-state index contributed by atoms with van der Waals surface area (Å²) in [6, 6.07) is 3.95. The number of ether oxygens (including phenoxy) is 2. The predicted molar refractivity (Wildman–Crippen MR) is 129 cm³/mol. The lowest BCUT2D eigenvalue weighted by atomic mass is 9.99. The summed E-state index contributed by atoms with van der Waals surface area (Å²) in [5.74, 6) is 15.2. The second-order valence-corrected chi connectivity index (χ2v) is 7.82. The Morgan fingerprint density at radius 3 is 1.33 bits per heavy atom. The lowest BCUT2D eigenvalue weighted by molar-refractivity contribution is 0.396. The van der Waals surface area contributed by atoms with Gasteiger partial charge in [0.25, 0.3) is 0 Å². The zero-order chi connectivity index (χ0) is 21.9. The first kappa shape index (κ1) is 26.0. The van der Waals surface area contributed by atoms with Crippen LogP contribution in [0.25, 0.3) is 0 Å². The van der Waals surface area contributed by atoms with Crippen molar-refractivity contribution >= 4 is 0 Å².